The van der Waals surface area contributed by atoms with Crippen LogP contribution >= 0.6 is 15.9 Å². The van der Waals surface area contributed by atoms with E-state index < -0.39 is 5.56 Å². The highest BCUT2D eigenvalue weighted by Gasteiger charge is 2.17. The van der Waals surface area contributed by atoms with Crippen molar-refractivity contribution in [2.24, 2.45) is 0 Å². The Morgan fingerprint density at radius 3 is 2.71 bits per heavy atom. The molecule has 0 aliphatic heterocycles. The SMILES string of the molecule is COc1cc(-c2cc(C)[nH]c(=O)c2C#N)cc(Br)c1OCc1cccc(F)c1. The number of benzene rings is 2. The lowest BCUT2D eigenvalue weighted by Crippen LogP contribution is -2.12. The number of nitrogens with one attached hydrogen (secondary N) is 1. The topological polar surface area (TPSA) is 75.1 Å². The minimum Gasteiger partial charge on any atom is -0.493 e. The van der Waals surface area contributed by atoms with Crippen LogP contribution in [0.1, 0.15) is 16.8 Å². The number of halogens is 2. The summed E-state index contributed by atoms with van der Waals surface area (Å²) in [6.45, 7) is 1.90. The third-order valence-corrected chi connectivity index (χ3v) is 4.68. The fourth-order valence-corrected chi connectivity index (χ4v) is 3.38. The molecule has 7 heteroatoms. The second kappa shape index (κ2) is 8.28. The second-order valence-electron chi connectivity index (χ2n) is 6.09. The molecule has 0 saturated heterocycles. The lowest BCUT2D eigenvalue weighted by molar-refractivity contribution is 0.282. The van der Waals surface area contributed by atoms with Gasteiger partial charge in [0.1, 0.15) is 24.1 Å². The summed E-state index contributed by atoms with van der Waals surface area (Å²) in [6.07, 6.45) is 0. The molecule has 0 unspecified atom stereocenters. The van der Waals surface area contributed by atoms with Gasteiger partial charge in [0.2, 0.25) is 0 Å². The molecule has 142 valence electrons. The van der Waals surface area contributed by atoms with Gasteiger partial charge in [0.25, 0.3) is 5.56 Å². The van der Waals surface area contributed by atoms with Gasteiger partial charge in [0, 0.05) is 11.3 Å². The Labute approximate surface area is 169 Å². The summed E-state index contributed by atoms with van der Waals surface area (Å²) in [6, 6.07) is 13.3. The molecular formula is C21H16BrFN2O3. The normalized spacial score (nSPS) is 10.4. The zero-order valence-electron chi connectivity index (χ0n) is 15.2. The van der Waals surface area contributed by atoms with E-state index in [4.69, 9.17) is 9.47 Å². The van der Waals surface area contributed by atoms with Gasteiger partial charge >= 0.3 is 0 Å². The molecule has 5 nitrogen and oxygen atoms in total. The maximum Gasteiger partial charge on any atom is 0.266 e. The molecule has 0 aliphatic rings. The summed E-state index contributed by atoms with van der Waals surface area (Å²) in [4.78, 5) is 14.7. The van der Waals surface area contributed by atoms with Crippen LogP contribution in [0.4, 0.5) is 4.39 Å². The highest BCUT2D eigenvalue weighted by atomic mass is 79.9. The van der Waals surface area contributed by atoms with E-state index in [-0.39, 0.29) is 18.0 Å². The van der Waals surface area contributed by atoms with Crippen molar-refractivity contribution in [1.29, 1.82) is 5.26 Å². The molecule has 0 radical (unpaired) electrons. The number of hydrogen-bond acceptors (Lipinski definition) is 4. The molecule has 0 atom stereocenters. The minimum absolute atomic E-state index is 0.0213. The Kier molecular flexibility index (Phi) is 5.81. The Balaban J connectivity index is 2.01. The van der Waals surface area contributed by atoms with E-state index in [0.717, 1.165) is 0 Å². The van der Waals surface area contributed by atoms with Crippen LogP contribution in [0.2, 0.25) is 0 Å². The monoisotopic (exact) mass is 442 g/mol. The summed E-state index contributed by atoms with van der Waals surface area (Å²) in [5, 5.41) is 9.37. The summed E-state index contributed by atoms with van der Waals surface area (Å²) < 4.78 is 25.2. The second-order valence-corrected chi connectivity index (χ2v) is 6.94. The quantitative estimate of drug-likeness (QED) is 0.620. The van der Waals surface area contributed by atoms with Gasteiger partial charge in [-0.1, -0.05) is 12.1 Å². The molecule has 0 saturated carbocycles. The molecule has 28 heavy (non-hydrogen) atoms. The van der Waals surface area contributed by atoms with Crippen LogP contribution in [0.15, 0.2) is 51.7 Å². The average molecular weight is 443 g/mol. The van der Waals surface area contributed by atoms with Crippen molar-refractivity contribution in [2.45, 2.75) is 13.5 Å². The van der Waals surface area contributed by atoms with Gasteiger partial charge in [0.15, 0.2) is 11.5 Å². The Hall–Kier alpha value is -3.11. The van der Waals surface area contributed by atoms with Crippen molar-refractivity contribution in [1.82, 2.24) is 4.98 Å². The van der Waals surface area contributed by atoms with E-state index >= 15 is 0 Å². The van der Waals surface area contributed by atoms with E-state index in [2.05, 4.69) is 20.9 Å². The Morgan fingerprint density at radius 2 is 2.04 bits per heavy atom. The number of pyridine rings is 1. The van der Waals surface area contributed by atoms with Crippen LogP contribution in [0, 0.1) is 24.1 Å². The largest absolute Gasteiger partial charge is 0.493 e. The molecule has 2 aromatic carbocycles. The molecule has 1 heterocycles. The van der Waals surface area contributed by atoms with Crippen molar-refractivity contribution in [3.63, 3.8) is 0 Å². The molecule has 0 fully saturated rings. The first-order valence-electron chi connectivity index (χ1n) is 8.32. The first kappa shape index (κ1) is 19.6. The zero-order valence-corrected chi connectivity index (χ0v) is 16.8. The van der Waals surface area contributed by atoms with Gasteiger partial charge in [-0.15, -0.1) is 0 Å². The van der Waals surface area contributed by atoms with Crippen molar-refractivity contribution < 1.29 is 13.9 Å². The van der Waals surface area contributed by atoms with Gasteiger partial charge in [-0.3, -0.25) is 4.79 Å². The number of nitriles is 1. The van der Waals surface area contributed by atoms with E-state index in [1.165, 1.54) is 19.2 Å². The zero-order chi connectivity index (χ0) is 20.3. The molecule has 1 aromatic heterocycles. The van der Waals surface area contributed by atoms with Crippen LogP contribution in [0.5, 0.6) is 11.5 Å². The lowest BCUT2D eigenvalue weighted by Gasteiger charge is -2.15. The van der Waals surface area contributed by atoms with E-state index in [1.54, 1.807) is 37.3 Å². The third-order valence-electron chi connectivity index (χ3n) is 4.09. The average Bonchev–Trinajstić information content (AvgIpc) is 2.66. The van der Waals surface area contributed by atoms with Crippen LogP contribution < -0.4 is 15.0 Å². The number of aryl methyl sites for hydroxylation is 1. The number of rotatable bonds is 5. The minimum atomic E-state index is -0.445. The highest BCUT2D eigenvalue weighted by Crippen LogP contribution is 2.40. The number of ether oxygens (including phenoxy) is 2. The van der Waals surface area contributed by atoms with Gasteiger partial charge in [-0.2, -0.15) is 5.26 Å². The summed E-state index contributed by atoms with van der Waals surface area (Å²) in [5.74, 6) is 0.523. The molecule has 3 aromatic rings. The lowest BCUT2D eigenvalue weighted by atomic mass is 10.0. The van der Waals surface area contributed by atoms with E-state index in [9.17, 15) is 14.4 Å². The Morgan fingerprint density at radius 1 is 1.25 bits per heavy atom. The number of aromatic nitrogens is 1. The summed E-state index contributed by atoms with van der Waals surface area (Å²) >= 11 is 3.46. The van der Waals surface area contributed by atoms with Crippen LogP contribution in [0.25, 0.3) is 11.1 Å². The fraction of sp³-hybridized carbons (Fsp3) is 0.143. The predicted octanol–water partition coefficient (Wildman–Crippen LogP) is 4.71. The van der Waals surface area contributed by atoms with Crippen LogP contribution in [0.3, 0.4) is 0 Å². The maximum absolute atomic E-state index is 13.4. The van der Waals surface area contributed by atoms with E-state index in [1.807, 2.05) is 6.07 Å². The molecular weight excluding hydrogens is 427 g/mol. The summed E-state index contributed by atoms with van der Waals surface area (Å²) in [7, 11) is 1.49. The highest BCUT2D eigenvalue weighted by molar-refractivity contribution is 9.10. The smallest absolute Gasteiger partial charge is 0.266 e. The molecule has 0 amide bonds. The van der Waals surface area contributed by atoms with Gasteiger partial charge in [-0.05, 0) is 64.3 Å². The molecule has 1 N–H and O–H groups in total. The number of H-pyrrole nitrogens is 1. The standard InChI is InChI=1S/C21H16BrFN2O3/c1-12-6-16(17(10-24)21(26)25-12)14-8-18(22)20(19(9-14)27-2)28-11-13-4-3-5-15(23)7-13/h3-9H,11H2,1-2H3,(H,25,26). The fourth-order valence-electron chi connectivity index (χ4n) is 2.82. The number of methoxy groups -OCH3 is 1. The number of hydrogen-bond donors (Lipinski definition) is 1. The summed E-state index contributed by atoms with van der Waals surface area (Å²) in [5.41, 5.74) is 2.02. The first-order chi connectivity index (χ1) is 13.4. The number of aromatic amines is 1. The Bertz CT molecular complexity index is 1140. The van der Waals surface area contributed by atoms with Gasteiger partial charge in [-0.25, -0.2) is 4.39 Å². The predicted molar refractivity (Wildman–Crippen MR) is 107 cm³/mol. The van der Waals surface area contributed by atoms with Crippen LogP contribution in [-0.2, 0) is 6.61 Å². The first-order valence-corrected chi connectivity index (χ1v) is 9.11. The van der Waals surface area contributed by atoms with Gasteiger partial charge < -0.3 is 14.5 Å². The van der Waals surface area contributed by atoms with Crippen molar-refractivity contribution in [3.05, 3.63) is 79.9 Å². The molecule has 0 aliphatic carbocycles. The van der Waals surface area contributed by atoms with Crippen molar-refractivity contribution in [2.75, 3.05) is 7.11 Å². The number of nitrogens with zero attached hydrogens (tertiary/aromatic N) is 1. The van der Waals surface area contributed by atoms with Crippen molar-refractivity contribution in [3.8, 4) is 28.7 Å². The maximum atomic E-state index is 13.4. The molecule has 0 bridgehead atoms. The van der Waals surface area contributed by atoms with E-state index in [0.29, 0.717) is 38.4 Å². The van der Waals surface area contributed by atoms with Crippen molar-refractivity contribution >= 4 is 15.9 Å². The molecule has 0 spiro atoms. The van der Waals surface area contributed by atoms with Gasteiger partial charge in [0.05, 0.1) is 11.6 Å². The van der Waals surface area contributed by atoms with Crippen LogP contribution in [-0.4, -0.2) is 12.1 Å². The third kappa shape index (κ3) is 4.07. The molecule has 3 rings (SSSR count).